The van der Waals surface area contributed by atoms with Crippen molar-refractivity contribution in [1.29, 1.82) is 0 Å². The molecule has 0 aromatic heterocycles. The van der Waals surface area contributed by atoms with Crippen LogP contribution < -0.4 is 0 Å². The lowest BCUT2D eigenvalue weighted by molar-refractivity contribution is -0.143. The first-order valence-electron chi connectivity index (χ1n) is 7.83. The van der Waals surface area contributed by atoms with Crippen LogP contribution in [0.25, 0.3) is 0 Å². The van der Waals surface area contributed by atoms with Crippen LogP contribution in [0.15, 0.2) is 0 Å². The molecule has 0 bridgehead atoms. The van der Waals surface area contributed by atoms with Crippen molar-refractivity contribution in [2.24, 2.45) is 5.92 Å². The maximum atomic E-state index is 12.3. The van der Waals surface area contributed by atoms with E-state index in [2.05, 4.69) is 0 Å². The number of carboxylic acid groups (broad SMARTS) is 1. The Labute approximate surface area is 125 Å². The number of hydrogen-bond donors (Lipinski definition) is 1. The number of nitrogens with zero attached hydrogens (tertiary/aromatic N) is 2. The molecule has 0 aromatic rings. The zero-order valence-corrected chi connectivity index (χ0v) is 12.4. The minimum absolute atomic E-state index is 0.00488. The van der Waals surface area contributed by atoms with E-state index < -0.39 is 5.97 Å². The van der Waals surface area contributed by atoms with Gasteiger partial charge in [0.25, 0.3) is 0 Å². The Hall–Kier alpha value is -1.59. The SMILES string of the molecule is O=C(O)CCC1CCCN(C(=O)CN2CCCCC2=O)C1. The normalized spacial score (nSPS) is 23.2. The molecule has 6 heteroatoms. The minimum Gasteiger partial charge on any atom is -0.481 e. The Balaban J connectivity index is 1.81. The minimum atomic E-state index is -0.780. The summed E-state index contributed by atoms with van der Waals surface area (Å²) in [5.74, 6) is -0.424. The van der Waals surface area contributed by atoms with Crippen molar-refractivity contribution in [3.8, 4) is 0 Å². The fourth-order valence-corrected chi connectivity index (χ4v) is 3.15. The van der Waals surface area contributed by atoms with Crippen molar-refractivity contribution in [2.45, 2.75) is 44.9 Å². The quantitative estimate of drug-likeness (QED) is 0.824. The lowest BCUT2D eigenvalue weighted by Crippen LogP contribution is -2.47. The molecule has 0 aromatic carbocycles. The van der Waals surface area contributed by atoms with Crippen LogP contribution in [0.2, 0.25) is 0 Å². The van der Waals surface area contributed by atoms with Crippen LogP contribution in [-0.2, 0) is 14.4 Å². The Morgan fingerprint density at radius 3 is 2.71 bits per heavy atom. The fraction of sp³-hybridized carbons (Fsp3) is 0.800. The van der Waals surface area contributed by atoms with Crippen molar-refractivity contribution in [1.82, 2.24) is 9.80 Å². The molecular formula is C15H24N2O4. The average Bonchev–Trinajstić information content (AvgIpc) is 2.48. The highest BCUT2D eigenvalue weighted by Crippen LogP contribution is 2.21. The molecule has 2 fully saturated rings. The predicted octanol–water partition coefficient (Wildman–Crippen LogP) is 1.10. The summed E-state index contributed by atoms with van der Waals surface area (Å²) in [6.07, 6.45) is 5.14. The molecule has 0 spiro atoms. The summed E-state index contributed by atoms with van der Waals surface area (Å²) in [6, 6.07) is 0. The summed E-state index contributed by atoms with van der Waals surface area (Å²) < 4.78 is 0. The van der Waals surface area contributed by atoms with Gasteiger partial charge in [0, 0.05) is 32.5 Å². The highest BCUT2D eigenvalue weighted by molar-refractivity contribution is 5.85. The van der Waals surface area contributed by atoms with Crippen molar-refractivity contribution in [2.75, 3.05) is 26.2 Å². The Morgan fingerprint density at radius 2 is 2.00 bits per heavy atom. The third-order valence-electron chi connectivity index (χ3n) is 4.39. The summed E-state index contributed by atoms with van der Waals surface area (Å²) in [5, 5.41) is 8.74. The predicted molar refractivity (Wildman–Crippen MR) is 76.6 cm³/mol. The number of carbonyl (C=O) groups is 3. The molecule has 0 aliphatic carbocycles. The maximum Gasteiger partial charge on any atom is 0.303 e. The lowest BCUT2D eigenvalue weighted by Gasteiger charge is -2.35. The monoisotopic (exact) mass is 296 g/mol. The van der Waals surface area contributed by atoms with E-state index in [9.17, 15) is 14.4 Å². The van der Waals surface area contributed by atoms with Crippen molar-refractivity contribution in [3.05, 3.63) is 0 Å². The molecule has 2 aliphatic rings. The molecule has 1 N–H and O–H groups in total. The first-order chi connectivity index (χ1) is 10.1. The van der Waals surface area contributed by atoms with Crippen LogP contribution in [0.3, 0.4) is 0 Å². The summed E-state index contributed by atoms with van der Waals surface area (Å²) in [5.41, 5.74) is 0. The molecule has 118 valence electrons. The standard InChI is InChI=1S/C15H24N2O4/c18-13-5-1-2-8-17(13)11-14(19)16-9-3-4-12(10-16)6-7-15(20)21/h12H,1-11H2,(H,20,21). The molecule has 2 saturated heterocycles. The molecule has 21 heavy (non-hydrogen) atoms. The smallest absolute Gasteiger partial charge is 0.303 e. The van der Waals surface area contributed by atoms with Gasteiger partial charge in [-0.2, -0.15) is 0 Å². The van der Waals surface area contributed by atoms with E-state index in [0.717, 1.165) is 32.2 Å². The number of likely N-dealkylation sites (tertiary alicyclic amines) is 2. The summed E-state index contributed by atoms with van der Waals surface area (Å²) in [6.45, 7) is 2.23. The highest BCUT2D eigenvalue weighted by atomic mass is 16.4. The van der Waals surface area contributed by atoms with Gasteiger partial charge in [0.15, 0.2) is 0 Å². The Kier molecular flexibility index (Phi) is 5.59. The van der Waals surface area contributed by atoms with Crippen LogP contribution >= 0.6 is 0 Å². The molecule has 6 nitrogen and oxygen atoms in total. The van der Waals surface area contributed by atoms with Crippen LogP contribution in [-0.4, -0.2) is 58.9 Å². The van der Waals surface area contributed by atoms with Gasteiger partial charge in [0.1, 0.15) is 0 Å². The van der Waals surface area contributed by atoms with Crippen LogP contribution in [0.4, 0.5) is 0 Å². The summed E-state index contributed by atoms with van der Waals surface area (Å²) >= 11 is 0. The summed E-state index contributed by atoms with van der Waals surface area (Å²) in [7, 11) is 0. The number of aliphatic carboxylic acids is 1. The number of carboxylic acids is 1. The fourth-order valence-electron chi connectivity index (χ4n) is 3.15. The second-order valence-corrected chi connectivity index (χ2v) is 6.05. The van der Waals surface area contributed by atoms with Gasteiger partial charge in [-0.25, -0.2) is 0 Å². The molecule has 2 amide bonds. The van der Waals surface area contributed by atoms with Crippen molar-refractivity contribution >= 4 is 17.8 Å². The van der Waals surface area contributed by atoms with Gasteiger partial charge in [-0.15, -0.1) is 0 Å². The number of rotatable bonds is 5. The molecular weight excluding hydrogens is 272 g/mol. The first-order valence-corrected chi connectivity index (χ1v) is 7.83. The van der Waals surface area contributed by atoms with E-state index in [1.165, 1.54) is 0 Å². The van der Waals surface area contributed by atoms with E-state index >= 15 is 0 Å². The third kappa shape index (κ3) is 4.72. The molecule has 2 aliphatic heterocycles. The molecule has 1 unspecified atom stereocenters. The Morgan fingerprint density at radius 1 is 1.19 bits per heavy atom. The first kappa shape index (κ1) is 15.8. The number of piperidine rings is 2. The lowest BCUT2D eigenvalue weighted by atomic mass is 9.93. The highest BCUT2D eigenvalue weighted by Gasteiger charge is 2.27. The van der Waals surface area contributed by atoms with E-state index in [4.69, 9.17) is 5.11 Å². The zero-order chi connectivity index (χ0) is 15.2. The van der Waals surface area contributed by atoms with E-state index in [-0.39, 0.29) is 30.7 Å². The molecule has 1 atom stereocenters. The van der Waals surface area contributed by atoms with Gasteiger partial charge in [-0.05, 0) is 38.0 Å². The number of amides is 2. The van der Waals surface area contributed by atoms with Crippen LogP contribution in [0, 0.1) is 5.92 Å². The maximum absolute atomic E-state index is 12.3. The van der Waals surface area contributed by atoms with Gasteiger partial charge < -0.3 is 14.9 Å². The summed E-state index contributed by atoms with van der Waals surface area (Å²) in [4.78, 5) is 38.1. The topological polar surface area (TPSA) is 77.9 Å². The largest absolute Gasteiger partial charge is 0.481 e. The second-order valence-electron chi connectivity index (χ2n) is 6.05. The second kappa shape index (κ2) is 7.43. The van der Waals surface area contributed by atoms with Crippen molar-refractivity contribution in [3.63, 3.8) is 0 Å². The van der Waals surface area contributed by atoms with E-state index in [1.807, 2.05) is 0 Å². The van der Waals surface area contributed by atoms with Gasteiger partial charge in [-0.3, -0.25) is 14.4 Å². The molecule has 2 rings (SSSR count). The molecule has 0 saturated carbocycles. The van der Waals surface area contributed by atoms with E-state index in [0.29, 0.717) is 25.9 Å². The van der Waals surface area contributed by atoms with Gasteiger partial charge >= 0.3 is 5.97 Å². The number of hydrogen-bond acceptors (Lipinski definition) is 3. The Bertz CT molecular complexity index is 410. The van der Waals surface area contributed by atoms with Crippen LogP contribution in [0.1, 0.15) is 44.9 Å². The van der Waals surface area contributed by atoms with E-state index in [1.54, 1.807) is 9.80 Å². The van der Waals surface area contributed by atoms with Gasteiger partial charge in [-0.1, -0.05) is 0 Å². The zero-order valence-electron chi connectivity index (χ0n) is 12.4. The molecule has 2 heterocycles. The van der Waals surface area contributed by atoms with Crippen LogP contribution in [0.5, 0.6) is 0 Å². The average molecular weight is 296 g/mol. The molecule has 0 radical (unpaired) electrons. The van der Waals surface area contributed by atoms with Gasteiger partial charge in [0.05, 0.1) is 6.54 Å². The van der Waals surface area contributed by atoms with Crippen molar-refractivity contribution < 1.29 is 19.5 Å². The number of carbonyl (C=O) groups excluding carboxylic acids is 2. The van der Waals surface area contributed by atoms with Gasteiger partial charge in [0.2, 0.25) is 11.8 Å². The third-order valence-corrected chi connectivity index (χ3v) is 4.39.